The Morgan fingerprint density at radius 3 is 2.25 bits per heavy atom. The van der Waals surface area contributed by atoms with Gasteiger partial charge in [0.2, 0.25) is 0 Å². The molecule has 1 atom stereocenters. The fraction of sp³-hybridized carbons (Fsp3) is 0.333. The normalized spacial score (nSPS) is 15.6. The Labute approximate surface area is 72.0 Å². The van der Waals surface area contributed by atoms with Crippen molar-refractivity contribution in [3.8, 4) is 0 Å². The summed E-state index contributed by atoms with van der Waals surface area (Å²) >= 11 is 0. The van der Waals surface area contributed by atoms with Crippen molar-refractivity contribution in [2.24, 2.45) is 5.73 Å². The van der Waals surface area contributed by atoms with E-state index < -0.39 is 5.54 Å². The first-order valence-electron chi connectivity index (χ1n) is 3.82. The van der Waals surface area contributed by atoms with Crippen molar-refractivity contribution in [1.82, 2.24) is 0 Å². The third-order valence-corrected chi connectivity index (χ3v) is 1.90. The van der Waals surface area contributed by atoms with Gasteiger partial charge in [0.05, 0.1) is 12.1 Å². The van der Waals surface area contributed by atoms with Gasteiger partial charge >= 0.3 is 0 Å². The van der Waals surface area contributed by atoms with Crippen LogP contribution in [-0.4, -0.2) is 11.7 Å². The summed E-state index contributed by atoms with van der Waals surface area (Å²) in [6.07, 6.45) is 0. The third-order valence-electron chi connectivity index (χ3n) is 1.90. The van der Waals surface area contributed by atoms with Gasteiger partial charge < -0.3 is 16.6 Å². The van der Waals surface area contributed by atoms with Crippen molar-refractivity contribution in [2.45, 2.75) is 12.5 Å². The molecule has 0 aliphatic rings. The molecular formula is C9H14N2O. The first-order chi connectivity index (χ1) is 5.56. The van der Waals surface area contributed by atoms with E-state index in [9.17, 15) is 0 Å². The van der Waals surface area contributed by atoms with Gasteiger partial charge in [0.15, 0.2) is 0 Å². The van der Waals surface area contributed by atoms with Gasteiger partial charge in [-0.2, -0.15) is 0 Å². The molecule has 0 aliphatic heterocycles. The lowest BCUT2D eigenvalue weighted by atomic mass is 9.94. The predicted molar refractivity (Wildman–Crippen MR) is 49.5 cm³/mol. The zero-order valence-corrected chi connectivity index (χ0v) is 7.12. The Morgan fingerprint density at radius 2 is 1.83 bits per heavy atom. The number of hydrogen-bond acceptors (Lipinski definition) is 3. The molecule has 0 amide bonds. The summed E-state index contributed by atoms with van der Waals surface area (Å²) in [6, 6.07) is 7.20. The minimum atomic E-state index is -0.673. The second kappa shape index (κ2) is 3.13. The maximum atomic E-state index is 8.96. The van der Waals surface area contributed by atoms with E-state index in [1.807, 2.05) is 12.1 Å². The van der Waals surface area contributed by atoms with Crippen molar-refractivity contribution in [3.63, 3.8) is 0 Å². The van der Waals surface area contributed by atoms with E-state index in [2.05, 4.69) is 0 Å². The van der Waals surface area contributed by atoms with Gasteiger partial charge in [-0.05, 0) is 24.6 Å². The van der Waals surface area contributed by atoms with Gasteiger partial charge in [-0.1, -0.05) is 12.1 Å². The fourth-order valence-corrected chi connectivity index (χ4v) is 0.955. The largest absolute Gasteiger partial charge is 0.399 e. The molecule has 0 radical (unpaired) electrons. The molecule has 0 heterocycles. The van der Waals surface area contributed by atoms with E-state index in [4.69, 9.17) is 16.6 Å². The number of benzene rings is 1. The van der Waals surface area contributed by atoms with Gasteiger partial charge in [-0.3, -0.25) is 0 Å². The lowest BCUT2D eigenvalue weighted by Gasteiger charge is -2.22. The molecule has 1 unspecified atom stereocenters. The zero-order chi connectivity index (χ0) is 9.19. The molecular weight excluding hydrogens is 152 g/mol. The molecule has 0 spiro atoms. The highest BCUT2D eigenvalue weighted by atomic mass is 16.3. The van der Waals surface area contributed by atoms with E-state index in [0.29, 0.717) is 5.69 Å². The second-order valence-electron chi connectivity index (χ2n) is 3.20. The second-order valence-corrected chi connectivity index (χ2v) is 3.20. The molecule has 1 rings (SSSR count). The topological polar surface area (TPSA) is 72.3 Å². The van der Waals surface area contributed by atoms with Crippen molar-refractivity contribution < 1.29 is 5.11 Å². The maximum absolute atomic E-state index is 8.96. The van der Waals surface area contributed by atoms with Crippen LogP contribution in [-0.2, 0) is 5.54 Å². The van der Waals surface area contributed by atoms with Crippen LogP contribution in [0.2, 0.25) is 0 Å². The summed E-state index contributed by atoms with van der Waals surface area (Å²) in [7, 11) is 0. The predicted octanol–water partition coefficient (Wildman–Crippen LogP) is 0.435. The number of rotatable bonds is 2. The van der Waals surface area contributed by atoms with Crippen LogP contribution < -0.4 is 11.5 Å². The molecule has 5 N–H and O–H groups in total. The van der Waals surface area contributed by atoms with Crippen LogP contribution in [0.5, 0.6) is 0 Å². The number of anilines is 1. The molecule has 0 saturated carbocycles. The van der Waals surface area contributed by atoms with Crippen molar-refractivity contribution in [2.75, 3.05) is 12.3 Å². The van der Waals surface area contributed by atoms with E-state index in [-0.39, 0.29) is 6.61 Å². The van der Waals surface area contributed by atoms with Gasteiger partial charge in [0.25, 0.3) is 0 Å². The lowest BCUT2D eigenvalue weighted by molar-refractivity contribution is 0.210. The Bertz CT molecular complexity index is 254. The highest BCUT2D eigenvalue weighted by Gasteiger charge is 2.18. The van der Waals surface area contributed by atoms with Crippen molar-refractivity contribution in [3.05, 3.63) is 29.8 Å². The summed E-state index contributed by atoms with van der Waals surface area (Å²) in [5.41, 5.74) is 12.2. The number of aliphatic hydroxyl groups excluding tert-OH is 1. The molecule has 0 saturated heterocycles. The molecule has 3 heteroatoms. The molecule has 66 valence electrons. The van der Waals surface area contributed by atoms with Crippen molar-refractivity contribution >= 4 is 5.69 Å². The van der Waals surface area contributed by atoms with Crippen LogP contribution in [0.15, 0.2) is 24.3 Å². The van der Waals surface area contributed by atoms with E-state index >= 15 is 0 Å². The molecule has 0 bridgehead atoms. The monoisotopic (exact) mass is 166 g/mol. The van der Waals surface area contributed by atoms with Gasteiger partial charge in [0.1, 0.15) is 0 Å². The summed E-state index contributed by atoms with van der Waals surface area (Å²) in [4.78, 5) is 0. The lowest BCUT2D eigenvalue weighted by Crippen LogP contribution is -2.36. The average Bonchev–Trinajstić information content (AvgIpc) is 2.05. The van der Waals surface area contributed by atoms with E-state index in [0.717, 1.165) is 5.56 Å². The summed E-state index contributed by atoms with van der Waals surface area (Å²) < 4.78 is 0. The van der Waals surface area contributed by atoms with Crippen LogP contribution in [0.25, 0.3) is 0 Å². The minimum Gasteiger partial charge on any atom is -0.399 e. The van der Waals surface area contributed by atoms with E-state index in [1.165, 1.54) is 0 Å². The fourth-order valence-electron chi connectivity index (χ4n) is 0.955. The summed E-state index contributed by atoms with van der Waals surface area (Å²) in [5.74, 6) is 0. The van der Waals surface area contributed by atoms with Gasteiger partial charge in [-0.25, -0.2) is 0 Å². The first-order valence-corrected chi connectivity index (χ1v) is 3.82. The molecule has 0 aromatic heterocycles. The van der Waals surface area contributed by atoms with Crippen LogP contribution >= 0.6 is 0 Å². The molecule has 1 aromatic carbocycles. The third kappa shape index (κ3) is 1.75. The smallest absolute Gasteiger partial charge is 0.0650 e. The van der Waals surface area contributed by atoms with Crippen LogP contribution in [0.3, 0.4) is 0 Å². The molecule has 12 heavy (non-hydrogen) atoms. The number of hydrogen-bond donors (Lipinski definition) is 3. The highest BCUT2D eigenvalue weighted by molar-refractivity contribution is 5.41. The summed E-state index contributed by atoms with van der Waals surface area (Å²) in [5, 5.41) is 8.96. The minimum absolute atomic E-state index is 0.0725. The first kappa shape index (κ1) is 9.03. The number of nitrogen functional groups attached to an aromatic ring is 1. The zero-order valence-electron chi connectivity index (χ0n) is 7.12. The molecule has 3 nitrogen and oxygen atoms in total. The van der Waals surface area contributed by atoms with Crippen LogP contribution in [0, 0.1) is 0 Å². The number of aliphatic hydroxyl groups is 1. The SMILES string of the molecule is CC(N)(CO)c1ccc(N)cc1. The number of nitrogens with two attached hydrogens (primary N) is 2. The van der Waals surface area contributed by atoms with E-state index in [1.54, 1.807) is 19.1 Å². The maximum Gasteiger partial charge on any atom is 0.0650 e. The van der Waals surface area contributed by atoms with Crippen molar-refractivity contribution in [1.29, 1.82) is 0 Å². The summed E-state index contributed by atoms with van der Waals surface area (Å²) in [6.45, 7) is 1.70. The van der Waals surface area contributed by atoms with Gasteiger partial charge in [-0.15, -0.1) is 0 Å². The molecule has 0 fully saturated rings. The molecule has 0 aliphatic carbocycles. The quantitative estimate of drug-likeness (QED) is 0.558. The van der Waals surface area contributed by atoms with Crippen LogP contribution in [0.4, 0.5) is 5.69 Å². The standard InChI is InChI=1S/C9H14N2O/c1-9(11,6-12)7-2-4-8(10)5-3-7/h2-5,12H,6,10-11H2,1H3. The average molecular weight is 166 g/mol. The Balaban J connectivity index is 2.96. The Kier molecular flexibility index (Phi) is 2.35. The van der Waals surface area contributed by atoms with Crippen LogP contribution in [0.1, 0.15) is 12.5 Å². The van der Waals surface area contributed by atoms with Gasteiger partial charge in [0, 0.05) is 5.69 Å². The highest BCUT2D eigenvalue weighted by Crippen LogP contribution is 2.17. The Morgan fingerprint density at radius 1 is 1.33 bits per heavy atom. The molecule has 1 aromatic rings. The Hall–Kier alpha value is -1.06.